The van der Waals surface area contributed by atoms with Crippen LogP contribution in [0.3, 0.4) is 0 Å². The summed E-state index contributed by atoms with van der Waals surface area (Å²) >= 11 is 0. The monoisotopic (exact) mass is 646 g/mol. The molecule has 252 valence electrons. The summed E-state index contributed by atoms with van der Waals surface area (Å²) in [5.41, 5.74) is 2.49. The molecule has 13 heteroatoms. The van der Waals surface area contributed by atoms with Crippen LogP contribution in [0.4, 0.5) is 22.9 Å². The average molecular weight is 647 g/mol. The number of benzene rings is 2. The van der Waals surface area contributed by atoms with Gasteiger partial charge >= 0.3 is 0 Å². The van der Waals surface area contributed by atoms with Crippen LogP contribution in [-0.4, -0.2) is 97.7 Å². The fourth-order valence-electron chi connectivity index (χ4n) is 5.90. The zero-order chi connectivity index (χ0) is 33.7. The van der Waals surface area contributed by atoms with Crippen molar-refractivity contribution in [3.05, 3.63) is 42.7 Å². The normalized spacial score (nSPS) is 18.0. The number of carbonyl (C=O) groups excluding carboxylic acids is 3. The second-order valence-electron chi connectivity index (χ2n) is 13.1. The first-order chi connectivity index (χ1) is 22.5. The number of nitrogens with one attached hydrogen (secondary N) is 4. The maximum absolute atomic E-state index is 13.9. The number of hydrogen-bond acceptors (Lipinski definition) is 10. The molecule has 13 nitrogen and oxygen atoms in total. The van der Waals surface area contributed by atoms with E-state index in [1.807, 2.05) is 32.9 Å². The van der Waals surface area contributed by atoms with E-state index >= 15 is 0 Å². The van der Waals surface area contributed by atoms with Crippen molar-refractivity contribution in [3.63, 3.8) is 0 Å². The zero-order valence-electron chi connectivity index (χ0n) is 28.1. The Morgan fingerprint density at radius 2 is 1.77 bits per heavy atom. The number of ether oxygens (including phenoxy) is 2. The molecule has 3 heterocycles. The second kappa shape index (κ2) is 14.5. The number of morpholine rings is 1. The van der Waals surface area contributed by atoms with Crippen molar-refractivity contribution >= 4 is 51.5 Å². The van der Waals surface area contributed by atoms with Crippen molar-refractivity contribution in [2.75, 3.05) is 62.5 Å². The van der Waals surface area contributed by atoms with Crippen LogP contribution >= 0.6 is 0 Å². The van der Waals surface area contributed by atoms with Crippen LogP contribution in [-0.2, 0) is 19.1 Å². The minimum Gasteiger partial charge on any atom is -0.494 e. The second-order valence-corrected chi connectivity index (χ2v) is 13.1. The van der Waals surface area contributed by atoms with Gasteiger partial charge in [-0.2, -0.15) is 0 Å². The summed E-state index contributed by atoms with van der Waals surface area (Å²) in [6.07, 6.45) is 2.65. The Kier molecular flexibility index (Phi) is 10.5. The van der Waals surface area contributed by atoms with Gasteiger partial charge < -0.3 is 40.5 Å². The molecular weight excluding hydrogens is 600 g/mol. The molecule has 0 radical (unpaired) electrons. The largest absolute Gasteiger partial charge is 0.494 e. The van der Waals surface area contributed by atoms with Crippen LogP contribution in [0.15, 0.2) is 42.7 Å². The molecule has 2 saturated heterocycles. The van der Waals surface area contributed by atoms with Crippen LogP contribution in [0.5, 0.6) is 5.75 Å². The molecule has 1 aromatic heterocycles. The highest BCUT2D eigenvalue weighted by Gasteiger charge is 2.42. The molecule has 2 aromatic carbocycles. The number of fused-ring (bicyclic) bond motifs is 1. The van der Waals surface area contributed by atoms with Crippen molar-refractivity contribution in [3.8, 4) is 5.75 Å². The van der Waals surface area contributed by atoms with E-state index in [-0.39, 0.29) is 17.7 Å². The maximum Gasteiger partial charge on any atom is 0.247 e. The number of anilines is 4. The first-order valence-corrected chi connectivity index (χ1v) is 16.1. The van der Waals surface area contributed by atoms with Gasteiger partial charge in [-0.15, -0.1) is 0 Å². The highest BCUT2D eigenvalue weighted by molar-refractivity contribution is 6.03. The average Bonchev–Trinajstić information content (AvgIpc) is 3.57. The number of likely N-dealkylation sites (N-methyl/N-ethyl adjacent to an activating group) is 1. The standard InChI is InChI=1S/C34H46N8O5/c1-21(35-5)31(43)40-29(34(2,3)4)33(45)42-13-7-8-27(42)32(44)39-26-18-24-25(19-28(26)46-6)36-20-37-30(24)38-22-9-11-23(12-10-22)41-14-16-47-17-15-41/h9-12,18-21,27,29,35H,7-8,13-17H2,1-6H3,(H,39,44)(H,40,43)(H,36,37,38)/t21-,27-,29+/m0/s1. The van der Waals surface area contributed by atoms with Crippen molar-refractivity contribution in [2.45, 2.75) is 58.7 Å². The lowest BCUT2D eigenvalue weighted by molar-refractivity contribution is -0.143. The highest BCUT2D eigenvalue weighted by atomic mass is 16.5. The minimum absolute atomic E-state index is 0.276. The fourth-order valence-corrected chi connectivity index (χ4v) is 5.90. The van der Waals surface area contributed by atoms with Gasteiger partial charge in [-0.25, -0.2) is 9.97 Å². The molecule has 0 unspecified atom stereocenters. The number of likely N-dealkylation sites (tertiary alicyclic amines) is 1. The zero-order valence-corrected chi connectivity index (χ0v) is 28.1. The molecule has 0 aliphatic carbocycles. The fraction of sp³-hybridized carbons (Fsp3) is 0.500. The summed E-state index contributed by atoms with van der Waals surface area (Å²) in [6.45, 7) is 11.0. The summed E-state index contributed by atoms with van der Waals surface area (Å²) in [6, 6.07) is 9.70. The SMILES string of the molecule is CN[C@@H](C)C(=O)N[C@H](C(=O)N1CCC[C@H]1C(=O)Nc1cc2c(Nc3ccc(N4CCOCC4)cc3)ncnc2cc1OC)C(C)(C)C. The molecule has 2 aliphatic heterocycles. The van der Waals surface area contributed by atoms with E-state index in [2.05, 4.69) is 48.3 Å². The van der Waals surface area contributed by atoms with Gasteiger partial charge in [0, 0.05) is 42.5 Å². The number of hydrogen-bond donors (Lipinski definition) is 4. The number of rotatable bonds is 10. The highest BCUT2D eigenvalue weighted by Crippen LogP contribution is 2.34. The molecular formula is C34H46N8O5. The van der Waals surface area contributed by atoms with Gasteiger partial charge in [0.05, 0.1) is 37.6 Å². The minimum atomic E-state index is -0.803. The van der Waals surface area contributed by atoms with Crippen molar-refractivity contribution in [1.29, 1.82) is 0 Å². The molecule has 0 spiro atoms. The van der Waals surface area contributed by atoms with E-state index in [9.17, 15) is 14.4 Å². The van der Waals surface area contributed by atoms with E-state index in [0.29, 0.717) is 47.5 Å². The van der Waals surface area contributed by atoms with Crippen LogP contribution in [0.2, 0.25) is 0 Å². The van der Waals surface area contributed by atoms with E-state index in [1.54, 1.807) is 31.0 Å². The van der Waals surface area contributed by atoms with Gasteiger partial charge in [-0.1, -0.05) is 20.8 Å². The molecule has 2 aliphatic rings. The Balaban J connectivity index is 1.36. The lowest BCUT2D eigenvalue weighted by Gasteiger charge is -2.36. The van der Waals surface area contributed by atoms with Crippen LogP contribution in [0.25, 0.3) is 10.9 Å². The Hall–Kier alpha value is -4.49. The van der Waals surface area contributed by atoms with E-state index in [0.717, 1.165) is 37.7 Å². The molecule has 0 bridgehead atoms. The van der Waals surface area contributed by atoms with Crippen LogP contribution in [0.1, 0.15) is 40.5 Å². The smallest absolute Gasteiger partial charge is 0.247 e. The van der Waals surface area contributed by atoms with Gasteiger partial charge in [0.2, 0.25) is 17.7 Å². The van der Waals surface area contributed by atoms with Crippen molar-refractivity contribution < 1.29 is 23.9 Å². The lowest BCUT2D eigenvalue weighted by Crippen LogP contribution is -2.59. The molecule has 3 amide bonds. The van der Waals surface area contributed by atoms with Gasteiger partial charge in [0.15, 0.2) is 0 Å². The Morgan fingerprint density at radius 1 is 1.04 bits per heavy atom. The first-order valence-electron chi connectivity index (χ1n) is 16.1. The quantitative estimate of drug-likeness (QED) is 0.259. The Bertz CT molecular complexity index is 1590. The molecule has 2 fully saturated rings. The van der Waals surface area contributed by atoms with Gasteiger partial charge in [-0.05, 0) is 62.6 Å². The molecule has 5 rings (SSSR count). The predicted octanol–water partition coefficient (Wildman–Crippen LogP) is 3.29. The van der Waals surface area contributed by atoms with E-state index < -0.39 is 23.5 Å². The maximum atomic E-state index is 13.9. The molecule has 3 atom stereocenters. The molecule has 0 saturated carbocycles. The summed E-state index contributed by atoms with van der Waals surface area (Å²) in [4.78, 5) is 53.2. The molecule has 3 aromatic rings. The summed E-state index contributed by atoms with van der Waals surface area (Å²) in [5.74, 6) is 0.117. The summed E-state index contributed by atoms with van der Waals surface area (Å²) in [5, 5.41) is 12.9. The number of methoxy groups -OCH3 is 1. The third-order valence-corrected chi connectivity index (χ3v) is 8.79. The molecule has 47 heavy (non-hydrogen) atoms. The number of aromatic nitrogens is 2. The van der Waals surface area contributed by atoms with Crippen LogP contribution in [0, 0.1) is 5.41 Å². The van der Waals surface area contributed by atoms with Crippen LogP contribution < -0.4 is 30.9 Å². The lowest BCUT2D eigenvalue weighted by atomic mass is 9.85. The Morgan fingerprint density at radius 3 is 2.43 bits per heavy atom. The Labute approximate surface area is 275 Å². The topological polar surface area (TPSA) is 150 Å². The third-order valence-electron chi connectivity index (χ3n) is 8.79. The van der Waals surface area contributed by atoms with E-state index in [1.165, 1.54) is 13.4 Å². The van der Waals surface area contributed by atoms with Gasteiger partial charge in [0.25, 0.3) is 0 Å². The summed E-state index contributed by atoms with van der Waals surface area (Å²) in [7, 11) is 3.22. The number of carbonyl (C=O) groups is 3. The number of amides is 3. The van der Waals surface area contributed by atoms with Gasteiger partial charge in [0.1, 0.15) is 30.0 Å². The molecule has 4 N–H and O–H groups in total. The number of nitrogens with zero attached hydrogens (tertiary/aromatic N) is 4. The summed E-state index contributed by atoms with van der Waals surface area (Å²) < 4.78 is 11.1. The van der Waals surface area contributed by atoms with E-state index in [4.69, 9.17) is 9.47 Å². The first kappa shape index (κ1) is 33.9. The van der Waals surface area contributed by atoms with Crippen molar-refractivity contribution in [1.82, 2.24) is 25.5 Å². The van der Waals surface area contributed by atoms with Crippen molar-refractivity contribution in [2.24, 2.45) is 5.41 Å². The van der Waals surface area contributed by atoms with Gasteiger partial charge in [-0.3, -0.25) is 14.4 Å². The predicted molar refractivity (Wildman–Crippen MR) is 182 cm³/mol. The third kappa shape index (κ3) is 7.74.